The SMILES string of the molecule is CCC(C)(C)C(=O)OCC(O)Cn1cc(CCCOc2ccc(CCCNC(c3ccccc3)[C@H](NS(=O)(=O)c3ccc(C)cc3)c3ccccc3)cc2)nn1. The van der Waals surface area contributed by atoms with Crippen LogP contribution >= 0.6 is 0 Å². The number of aromatic nitrogens is 3. The number of carbonyl (C=O) groups excluding carboxylic acids is 1. The predicted molar refractivity (Wildman–Crippen MR) is 218 cm³/mol. The molecule has 12 heteroatoms. The number of aryl methyl sites for hydroxylation is 3. The van der Waals surface area contributed by atoms with E-state index in [-0.39, 0.29) is 30.1 Å². The Balaban J connectivity index is 1.09. The molecule has 0 bridgehead atoms. The summed E-state index contributed by atoms with van der Waals surface area (Å²) in [6.45, 7) is 8.78. The van der Waals surface area contributed by atoms with Crippen molar-refractivity contribution in [2.45, 2.75) is 89.4 Å². The molecular weight excluding hydrogens is 727 g/mol. The number of carbonyl (C=O) groups is 1. The van der Waals surface area contributed by atoms with Crippen molar-refractivity contribution in [1.82, 2.24) is 25.0 Å². The molecule has 4 aromatic carbocycles. The number of esters is 1. The number of ether oxygens (including phenoxy) is 2. The van der Waals surface area contributed by atoms with Crippen molar-refractivity contribution in [3.63, 3.8) is 0 Å². The van der Waals surface area contributed by atoms with E-state index >= 15 is 0 Å². The molecule has 0 fully saturated rings. The Bertz CT molecular complexity index is 2040. The first-order valence-electron chi connectivity index (χ1n) is 19.3. The Morgan fingerprint density at radius 1 is 0.857 bits per heavy atom. The van der Waals surface area contributed by atoms with Gasteiger partial charge in [-0.1, -0.05) is 103 Å². The van der Waals surface area contributed by atoms with Gasteiger partial charge in [0.2, 0.25) is 10.0 Å². The first-order valence-corrected chi connectivity index (χ1v) is 20.8. The van der Waals surface area contributed by atoms with E-state index in [1.54, 1.807) is 23.0 Å². The average molecular weight is 782 g/mol. The molecule has 0 amide bonds. The lowest BCUT2D eigenvalue weighted by Gasteiger charge is -2.30. The van der Waals surface area contributed by atoms with Gasteiger partial charge in [-0.25, -0.2) is 17.8 Å². The Kier molecular flexibility index (Phi) is 15.3. The lowest BCUT2D eigenvalue weighted by molar-refractivity contribution is -0.157. The smallest absolute Gasteiger partial charge is 0.311 e. The number of nitrogens with one attached hydrogen (secondary N) is 2. The second-order valence-corrected chi connectivity index (χ2v) is 16.5. The van der Waals surface area contributed by atoms with E-state index in [0.717, 1.165) is 47.4 Å². The van der Waals surface area contributed by atoms with Crippen LogP contribution in [0.15, 0.2) is 120 Å². The fourth-order valence-electron chi connectivity index (χ4n) is 6.10. The van der Waals surface area contributed by atoms with E-state index in [1.807, 2.05) is 113 Å². The first-order chi connectivity index (χ1) is 26.9. The van der Waals surface area contributed by atoms with E-state index in [1.165, 1.54) is 5.56 Å². The van der Waals surface area contributed by atoms with Gasteiger partial charge in [-0.2, -0.15) is 0 Å². The molecule has 1 heterocycles. The van der Waals surface area contributed by atoms with Crippen LogP contribution in [0, 0.1) is 12.3 Å². The van der Waals surface area contributed by atoms with Crippen LogP contribution in [-0.4, -0.2) is 60.3 Å². The molecule has 0 saturated heterocycles. The van der Waals surface area contributed by atoms with E-state index in [2.05, 4.69) is 32.5 Å². The van der Waals surface area contributed by atoms with Crippen LogP contribution in [0.5, 0.6) is 5.75 Å². The topological polar surface area (TPSA) is 145 Å². The molecule has 0 aliphatic heterocycles. The molecule has 3 N–H and O–H groups in total. The first kappa shape index (κ1) is 42.3. The summed E-state index contributed by atoms with van der Waals surface area (Å²) < 4.78 is 43.2. The molecule has 1 aromatic heterocycles. The molecule has 0 spiro atoms. The Labute approximate surface area is 331 Å². The minimum atomic E-state index is -3.82. The zero-order valence-corrected chi connectivity index (χ0v) is 33.6. The van der Waals surface area contributed by atoms with Gasteiger partial charge in [0.25, 0.3) is 0 Å². The van der Waals surface area contributed by atoms with Crippen LogP contribution in [0.2, 0.25) is 0 Å². The second kappa shape index (κ2) is 20.3. The molecule has 5 aromatic rings. The number of hydrogen-bond acceptors (Lipinski definition) is 9. The second-order valence-electron chi connectivity index (χ2n) is 14.8. The molecule has 0 saturated carbocycles. The fourth-order valence-corrected chi connectivity index (χ4v) is 7.34. The molecule has 2 unspecified atom stereocenters. The highest BCUT2D eigenvalue weighted by Gasteiger charge is 2.30. The van der Waals surface area contributed by atoms with Crippen molar-refractivity contribution in [2.24, 2.45) is 5.41 Å². The maximum absolute atomic E-state index is 13.7. The van der Waals surface area contributed by atoms with Gasteiger partial charge in [-0.15, -0.1) is 5.10 Å². The molecule has 56 heavy (non-hydrogen) atoms. The van der Waals surface area contributed by atoms with Crippen molar-refractivity contribution in [3.8, 4) is 5.75 Å². The highest BCUT2D eigenvalue weighted by Crippen LogP contribution is 2.31. The summed E-state index contributed by atoms with van der Waals surface area (Å²) in [5.41, 5.74) is 4.24. The number of sulfonamides is 1. The minimum absolute atomic E-state index is 0.0910. The lowest BCUT2D eigenvalue weighted by atomic mass is 9.91. The number of aliphatic hydroxyl groups is 1. The van der Waals surface area contributed by atoms with Crippen molar-refractivity contribution < 1.29 is 27.8 Å². The third-order valence-electron chi connectivity index (χ3n) is 9.87. The van der Waals surface area contributed by atoms with Crippen LogP contribution in [0.25, 0.3) is 0 Å². The lowest BCUT2D eigenvalue weighted by Crippen LogP contribution is -2.39. The quantitative estimate of drug-likeness (QED) is 0.0504. The standard InChI is InChI=1S/C44H55N5O6S/c1-5-44(3,4)43(51)55-32-38(50)31-49-30-37(46-48-49)19-13-29-54-39-24-22-34(23-25-39)14-12-28-45-41(35-15-8-6-9-16-35)42(36-17-10-7-11-18-36)47-56(52,53)40-26-20-33(2)21-27-40/h6-11,15-18,20-27,30,38,41-42,45,47,50H,5,12-14,19,28-29,31-32H2,1-4H3/t38?,41?,42-/m1/s1. The Morgan fingerprint density at radius 3 is 2.14 bits per heavy atom. The van der Waals surface area contributed by atoms with E-state index < -0.39 is 27.6 Å². The molecule has 0 aliphatic carbocycles. The minimum Gasteiger partial charge on any atom is -0.494 e. The summed E-state index contributed by atoms with van der Waals surface area (Å²) in [7, 11) is -3.82. The van der Waals surface area contributed by atoms with Crippen LogP contribution < -0.4 is 14.8 Å². The zero-order chi connectivity index (χ0) is 40.0. The normalized spacial score (nSPS) is 13.5. The van der Waals surface area contributed by atoms with Crippen LogP contribution in [0.3, 0.4) is 0 Å². The predicted octanol–water partition coefficient (Wildman–Crippen LogP) is 6.92. The fraction of sp³-hybridized carbons (Fsp3) is 0.386. The van der Waals surface area contributed by atoms with Gasteiger partial charge in [0.1, 0.15) is 18.5 Å². The summed E-state index contributed by atoms with van der Waals surface area (Å²) in [4.78, 5) is 12.4. The number of nitrogens with zero attached hydrogens (tertiary/aromatic N) is 3. The number of hydrogen-bond donors (Lipinski definition) is 3. The van der Waals surface area contributed by atoms with E-state index in [9.17, 15) is 18.3 Å². The van der Waals surface area contributed by atoms with Crippen molar-refractivity contribution in [2.75, 3.05) is 19.8 Å². The van der Waals surface area contributed by atoms with Gasteiger partial charge in [0, 0.05) is 6.20 Å². The summed E-state index contributed by atoms with van der Waals surface area (Å²) in [5.74, 6) is 0.460. The number of rotatable bonds is 22. The zero-order valence-electron chi connectivity index (χ0n) is 32.8. The molecule has 298 valence electrons. The maximum atomic E-state index is 13.7. The Morgan fingerprint density at radius 2 is 1.50 bits per heavy atom. The van der Waals surface area contributed by atoms with Gasteiger partial charge in [0.05, 0.1) is 41.2 Å². The van der Waals surface area contributed by atoms with Gasteiger partial charge >= 0.3 is 5.97 Å². The third kappa shape index (κ3) is 12.6. The van der Waals surface area contributed by atoms with E-state index in [0.29, 0.717) is 26.0 Å². The van der Waals surface area contributed by atoms with Crippen LogP contribution in [0.1, 0.15) is 80.1 Å². The largest absolute Gasteiger partial charge is 0.494 e. The summed E-state index contributed by atoms with van der Waals surface area (Å²) in [6, 6.07) is 33.8. The monoisotopic (exact) mass is 781 g/mol. The molecule has 0 radical (unpaired) electrons. The van der Waals surface area contributed by atoms with Gasteiger partial charge in [-0.05, 0) is 100 Å². The van der Waals surface area contributed by atoms with Crippen LogP contribution in [-0.2, 0) is 38.9 Å². The molecule has 3 atom stereocenters. The third-order valence-corrected chi connectivity index (χ3v) is 11.3. The molecule has 11 nitrogen and oxygen atoms in total. The number of aliphatic hydroxyl groups excluding tert-OH is 1. The molecular formula is C44H55N5O6S. The highest BCUT2D eigenvalue weighted by molar-refractivity contribution is 7.89. The summed E-state index contributed by atoms with van der Waals surface area (Å²) >= 11 is 0. The molecule has 0 aliphatic rings. The van der Waals surface area contributed by atoms with Crippen molar-refractivity contribution in [3.05, 3.63) is 143 Å². The summed E-state index contributed by atoms with van der Waals surface area (Å²) in [6.07, 6.45) is 4.66. The highest BCUT2D eigenvalue weighted by atomic mass is 32.2. The van der Waals surface area contributed by atoms with Crippen LogP contribution in [0.4, 0.5) is 0 Å². The number of benzene rings is 4. The Hall–Kier alpha value is -4.88. The van der Waals surface area contributed by atoms with Gasteiger partial charge < -0.3 is 19.9 Å². The maximum Gasteiger partial charge on any atom is 0.311 e. The van der Waals surface area contributed by atoms with Gasteiger partial charge in [0.15, 0.2) is 0 Å². The van der Waals surface area contributed by atoms with E-state index in [4.69, 9.17) is 9.47 Å². The molecule has 5 rings (SSSR count). The van der Waals surface area contributed by atoms with Crippen molar-refractivity contribution in [1.29, 1.82) is 0 Å². The van der Waals surface area contributed by atoms with Gasteiger partial charge in [-0.3, -0.25) is 4.79 Å². The summed E-state index contributed by atoms with van der Waals surface area (Å²) in [5, 5.41) is 22.3. The average Bonchev–Trinajstić information content (AvgIpc) is 3.66. The van der Waals surface area contributed by atoms with Crippen molar-refractivity contribution >= 4 is 16.0 Å².